The molecule has 0 aliphatic carbocycles. The molecule has 0 aromatic carbocycles. The molecule has 2 heteroatoms. The number of unbranched alkanes of at least 4 members (excludes halogenated alkanes) is 4. The Morgan fingerprint density at radius 3 is 2.90 bits per heavy atom. The maximum absolute atomic E-state index is 9.59. The van der Waals surface area contributed by atoms with Gasteiger partial charge in [0.25, 0.3) is 0 Å². The van der Waals surface area contributed by atoms with Crippen molar-refractivity contribution in [2.24, 2.45) is 4.99 Å². The minimum absolute atomic E-state index is 0.604. The Bertz CT molecular complexity index is 106. The van der Waals surface area contributed by atoms with Crippen LogP contribution in [0.3, 0.4) is 0 Å². The second kappa shape index (κ2) is 8.38. The normalized spacial score (nSPS) is 8.90. The maximum Gasteiger partial charge on any atom is 0.234 e. The minimum atomic E-state index is 0.604. The molecule has 0 aromatic rings. The van der Waals surface area contributed by atoms with Crippen LogP contribution in [-0.4, -0.2) is 12.6 Å². The van der Waals surface area contributed by atoms with E-state index in [9.17, 15) is 4.79 Å². The van der Waals surface area contributed by atoms with E-state index < -0.39 is 0 Å². The first kappa shape index (κ1) is 9.38. The Morgan fingerprint density at radius 1 is 1.50 bits per heavy atom. The molecule has 10 heavy (non-hydrogen) atoms. The number of carbonyl (C=O) groups excluding carboxylic acids is 1. The molecular formula is C8H14NO. The first-order valence-corrected chi connectivity index (χ1v) is 3.77. The number of nitrogens with zero attached hydrogens (tertiary/aromatic N) is 1. The number of isocyanates is 1. The molecule has 0 heterocycles. The first-order chi connectivity index (χ1) is 4.91. The van der Waals surface area contributed by atoms with E-state index in [1.807, 2.05) is 0 Å². The molecule has 0 unspecified atom stereocenters. The molecule has 0 fully saturated rings. The summed E-state index contributed by atoms with van der Waals surface area (Å²) >= 11 is 0. The predicted molar refractivity (Wildman–Crippen MR) is 41.4 cm³/mol. The average Bonchev–Trinajstić information content (AvgIpc) is 1.97. The van der Waals surface area contributed by atoms with Gasteiger partial charge in [0.1, 0.15) is 0 Å². The van der Waals surface area contributed by atoms with Gasteiger partial charge in [-0.1, -0.05) is 26.2 Å². The monoisotopic (exact) mass is 140 g/mol. The van der Waals surface area contributed by atoms with Gasteiger partial charge in [0.2, 0.25) is 6.08 Å². The molecule has 0 bridgehead atoms. The van der Waals surface area contributed by atoms with Gasteiger partial charge in [-0.2, -0.15) is 0 Å². The Hall–Kier alpha value is -0.620. The third kappa shape index (κ3) is 7.38. The van der Waals surface area contributed by atoms with Crippen LogP contribution in [0.15, 0.2) is 4.99 Å². The molecule has 0 N–H and O–H groups in total. The van der Waals surface area contributed by atoms with Crippen molar-refractivity contribution in [1.29, 1.82) is 0 Å². The number of hydrogen-bond donors (Lipinski definition) is 0. The van der Waals surface area contributed by atoms with E-state index in [0.717, 1.165) is 12.8 Å². The van der Waals surface area contributed by atoms with E-state index in [1.54, 1.807) is 0 Å². The van der Waals surface area contributed by atoms with Gasteiger partial charge in [-0.15, -0.1) is 0 Å². The second-order valence-electron chi connectivity index (χ2n) is 2.19. The summed E-state index contributed by atoms with van der Waals surface area (Å²) in [6, 6.07) is 0. The van der Waals surface area contributed by atoms with Gasteiger partial charge < -0.3 is 0 Å². The van der Waals surface area contributed by atoms with E-state index in [0.29, 0.717) is 6.54 Å². The molecule has 0 saturated carbocycles. The molecule has 0 aromatic heterocycles. The molecule has 0 atom stereocenters. The smallest absolute Gasteiger partial charge is 0.211 e. The molecule has 0 aliphatic rings. The first-order valence-electron chi connectivity index (χ1n) is 3.77. The predicted octanol–water partition coefficient (Wildman–Crippen LogP) is 2.11. The molecule has 57 valence electrons. The van der Waals surface area contributed by atoms with Crippen LogP contribution < -0.4 is 0 Å². The lowest BCUT2D eigenvalue weighted by atomic mass is 10.2. The summed E-state index contributed by atoms with van der Waals surface area (Å²) in [5.74, 6) is 0. The lowest BCUT2D eigenvalue weighted by Gasteiger charge is -1.93. The van der Waals surface area contributed by atoms with Crippen LogP contribution in [0.4, 0.5) is 0 Å². The number of hydrogen-bond acceptors (Lipinski definition) is 2. The molecule has 0 aliphatic heterocycles. The SMILES string of the molecule is CCCC[CH]CCN=C=O. The van der Waals surface area contributed by atoms with E-state index >= 15 is 0 Å². The van der Waals surface area contributed by atoms with Crippen LogP contribution in [0.2, 0.25) is 0 Å². The van der Waals surface area contributed by atoms with E-state index in [4.69, 9.17) is 0 Å². The fraction of sp³-hybridized carbons (Fsp3) is 0.750. The highest BCUT2D eigenvalue weighted by atomic mass is 16.1. The Balaban J connectivity index is 2.83. The third-order valence-electron chi connectivity index (χ3n) is 1.27. The van der Waals surface area contributed by atoms with Crippen molar-refractivity contribution in [2.75, 3.05) is 6.54 Å². The molecule has 0 saturated heterocycles. The van der Waals surface area contributed by atoms with Crippen LogP contribution >= 0.6 is 0 Å². The molecule has 0 amide bonds. The van der Waals surface area contributed by atoms with Crippen molar-refractivity contribution in [3.63, 3.8) is 0 Å². The highest BCUT2D eigenvalue weighted by molar-refractivity contribution is 5.32. The van der Waals surface area contributed by atoms with Crippen LogP contribution in [-0.2, 0) is 4.79 Å². The van der Waals surface area contributed by atoms with E-state index in [1.165, 1.54) is 18.9 Å². The summed E-state index contributed by atoms with van der Waals surface area (Å²) < 4.78 is 0. The van der Waals surface area contributed by atoms with Crippen molar-refractivity contribution in [3.05, 3.63) is 6.42 Å². The lowest BCUT2D eigenvalue weighted by molar-refractivity contribution is 0.562. The third-order valence-corrected chi connectivity index (χ3v) is 1.27. The summed E-state index contributed by atoms with van der Waals surface area (Å²) in [4.78, 5) is 13.0. The van der Waals surface area contributed by atoms with Gasteiger partial charge in [0, 0.05) is 0 Å². The van der Waals surface area contributed by atoms with Crippen LogP contribution in [0.5, 0.6) is 0 Å². The van der Waals surface area contributed by atoms with Crippen molar-refractivity contribution >= 4 is 6.08 Å². The van der Waals surface area contributed by atoms with Crippen molar-refractivity contribution < 1.29 is 4.79 Å². The Labute approximate surface area is 62.4 Å². The maximum atomic E-state index is 9.59. The summed E-state index contributed by atoms with van der Waals surface area (Å²) in [6.45, 7) is 2.77. The van der Waals surface area contributed by atoms with Gasteiger partial charge in [0.05, 0.1) is 6.54 Å². The van der Waals surface area contributed by atoms with E-state index in [2.05, 4.69) is 18.3 Å². The van der Waals surface area contributed by atoms with Crippen molar-refractivity contribution in [1.82, 2.24) is 0 Å². The van der Waals surface area contributed by atoms with Crippen LogP contribution in [0.25, 0.3) is 0 Å². The zero-order valence-electron chi connectivity index (χ0n) is 6.47. The highest BCUT2D eigenvalue weighted by Crippen LogP contribution is 2.00. The summed E-state index contributed by atoms with van der Waals surface area (Å²) in [5.41, 5.74) is 0. The molecule has 0 spiro atoms. The molecular weight excluding hydrogens is 126 g/mol. The van der Waals surface area contributed by atoms with Gasteiger partial charge in [-0.3, -0.25) is 0 Å². The fourth-order valence-corrected chi connectivity index (χ4v) is 0.694. The lowest BCUT2D eigenvalue weighted by Crippen LogP contribution is -1.82. The molecule has 2 nitrogen and oxygen atoms in total. The number of aliphatic imine (C=N–C) groups is 1. The van der Waals surface area contributed by atoms with Gasteiger partial charge in [-0.25, -0.2) is 9.79 Å². The molecule has 1 radical (unpaired) electrons. The summed E-state index contributed by atoms with van der Waals surface area (Å²) in [6.07, 6.45) is 8.21. The zero-order chi connectivity index (χ0) is 7.66. The highest BCUT2D eigenvalue weighted by Gasteiger charge is 1.86. The van der Waals surface area contributed by atoms with Gasteiger partial charge in [0.15, 0.2) is 0 Å². The van der Waals surface area contributed by atoms with Crippen molar-refractivity contribution in [2.45, 2.75) is 32.6 Å². The zero-order valence-corrected chi connectivity index (χ0v) is 6.47. The largest absolute Gasteiger partial charge is 0.234 e. The van der Waals surface area contributed by atoms with Crippen molar-refractivity contribution in [3.8, 4) is 0 Å². The summed E-state index contributed by atoms with van der Waals surface area (Å²) in [7, 11) is 0. The standard InChI is InChI=1S/C8H14NO/c1-2-3-4-5-6-7-9-8-10/h5H,2-4,6-7H2,1H3. The average molecular weight is 140 g/mol. The topological polar surface area (TPSA) is 29.4 Å². The number of rotatable bonds is 6. The summed E-state index contributed by atoms with van der Waals surface area (Å²) in [5, 5.41) is 0. The minimum Gasteiger partial charge on any atom is -0.211 e. The van der Waals surface area contributed by atoms with Gasteiger partial charge in [-0.05, 0) is 12.8 Å². The van der Waals surface area contributed by atoms with Gasteiger partial charge >= 0.3 is 0 Å². The fourth-order valence-electron chi connectivity index (χ4n) is 0.694. The van der Waals surface area contributed by atoms with Crippen LogP contribution in [0.1, 0.15) is 32.6 Å². The Morgan fingerprint density at radius 2 is 2.30 bits per heavy atom. The molecule has 0 rings (SSSR count). The quantitative estimate of drug-likeness (QED) is 0.315. The van der Waals surface area contributed by atoms with E-state index in [-0.39, 0.29) is 0 Å². The second-order valence-corrected chi connectivity index (χ2v) is 2.19. The van der Waals surface area contributed by atoms with Crippen LogP contribution in [0, 0.1) is 6.42 Å². The Kier molecular flexibility index (Phi) is 7.86.